The number of anilines is 1. The summed E-state index contributed by atoms with van der Waals surface area (Å²) < 4.78 is 1.84. The first-order valence-electron chi connectivity index (χ1n) is 9.11. The van der Waals surface area contributed by atoms with Crippen LogP contribution < -0.4 is 16.0 Å². The number of nitrogens with one attached hydrogen (secondary N) is 3. The monoisotopic (exact) mass is 347 g/mol. The Bertz CT molecular complexity index is 669. The normalized spacial score (nSPS) is 22.4. The third-order valence-electron chi connectivity index (χ3n) is 5.20. The molecule has 25 heavy (non-hydrogen) atoms. The number of amides is 2. The van der Waals surface area contributed by atoms with Gasteiger partial charge in [0.05, 0.1) is 23.3 Å². The zero-order valence-corrected chi connectivity index (χ0v) is 15.6. The maximum Gasteiger partial charge on any atom is 0.239 e. The lowest BCUT2D eigenvalue weighted by Gasteiger charge is -2.51. The molecule has 1 aromatic heterocycles. The molecule has 3 N–H and O–H groups in total. The van der Waals surface area contributed by atoms with Crippen LogP contribution in [0.4, 0.5) is 5.82 Å². The van der Waals surface area contributed by atoms with Crippen LogP contribution in [0.3, 0.4) is 0 Å². The fourth-order valence-electron chi connectivity index (χ4n) is 3.81. The molecule has 138 valence electrons. The Kier molecular flexibility index (Phi) is 4.62. The second kappa shape index (κ2) is 6.44. The summed E-state index contributed by atoms with van der Waals surface area (Å²) in [5.74, 6) is 0.760. The van der Waals surface area contributed by atoms with Gasteiger partial charge < -0.3 is 16.0 Å². The van der Waals surface area contributed by atoms with Crippen LogP contribution in [0.15, 0.2) is 6.07 Å². The summed E-state index contributed by atoms with van der Waals surface area (Å²) in [5.41, 5.74) is 0.537. The highest BCUT2D eigenvalue weighted by molar-refractivity contribution is 5.91. The zero-order chi connectivity index (χ0) is 18.2. The molecule has 2 fully saturated rings. The van der Waals surface area contributed by atoms with Gasteiger partial charge in [-0.2, -0.15) is 5.10 Å². The summed E-state index contributed by atoms with van der Waals surface area (Å²) >= 11 is 0. The summed E-state index contributed by atoms with van der Waals surface area (Å²) in [5, 5.41) is 13.9. The second-order valence-electron chi connectivity index (χ2n) is 8.33. The van der Waals surface area contributed by atoms with Gasteiger partial charge >= 0.3 is 0 Å². The lowest BCUT2D eigenvalue weighted by Crippen LogP contribution is -2.68. The molecule has 7 nitrogen and oxygen atoms in total. The molecular formula is C18H29N5O2. The number of hydrogen-bond donors (Lipinski definition) is 3. The van der Waals surface area contributed by atoms with Gasteiger partial charge in [-0.05, 0) is 53.4 Å². The van der Waals surface area contributed by atoms with E-state index in [4.69, 9.17) is 0 Å². The lowest BCUT2D eigenvalue weighted by atomic mass is 9.68. The first-order valence-corrected chi connectivity index (χ1v) is 9.11. The molecule has 0 aromatic carbocycles. The Morgan fingerprint density at radius 3 is 2.76 bits per heavy atom. The van der Waals surface area contributed by atoms with Crippen molar-refractivity contribution in [2.45, 2.75) is 76.9 Å². The standard InChI is InChI=1S/C18H29N5O2/c1-12-10-14(23(22-12)17(2,3)4)20-16(25)11-19-13-6-7-15(24)21-18(13)8-5-9-18/h10,13,19H,5-9,11H2,1-4H3,(H,20,25)(H,21,24). The van der Waals surface area contributed by atoms with E-state index in [1.54, 1.807) is 0 Å². The first kappa shape index (κ1) is 17.9. The topological polar surface area (TPSA) is 88.0 Å². The van der Waals surface area contributed by atoms with Gasteiger partial charge in [0.25, 0.3) is 0 Å². The number of carbonyl (C=O) groups excluding carboxylic acids is 2. The Morgan fingerprint density at radius 1 is 1.44 bits per heavy atom. The van der Waals surface area contributed by atoms with Crippen LogP contribution in [0.5, 0.6) is 0 Å². The molecule has 1 aliphatic carbocycles. The lowest BCUT2D eigenvalue weighted by molar-refractivity contribution is -0.128. The van der Waals surface area contributed by atoms with Crippen LogP contribution in [0, 0.1) is 6.92 Å². The molecule has 0 bridgehead atoms. The molecule has 1 aromatic rings. The molecule has 1 aliphatic heterocycles. The summed E-state index contributed by atoms with van der Waals surface area (Å²) in [7, 11) is 0. The van der Waals surface area contributed by atoms with Gasteiger partial charge in [0.15, 0.2) is 0 Å². The highest BCUT2D eigenvalue weighted by atomic mass is 16.2. The number of nitrogens with zero attached hydrogens (tertiary/aromatic N) is 2. The van der Waals surface area contributed by atoms with Crippen molar-refractivity contribution in [3.8, 4) is 0 Å². The van der Waals surface area contributed by atoms with E-state index in [2.05, 4.69) is 41.8 Å². The Balaban J connectivity index is 1.59. The van der Waals surface area contributed by atoms with Crippen molar-refractivity contribution in [2.24, 2.45) is 0 Å². The first-order chi connectivity index (χ1) is 11.7. The molecule has 1 unspecified atom stereocenters. The molecule has 1 saturated carbocycles. The molecule has 1 atom stereocenters. The fraction of sp³-hybridized carbons (Fsp3) is 0.722. The molecule has 7 heteroatoms. The molecule has 1 spiro atoms. The average Bonchev–Trinajstić information content (AvgIpc) is 2.85. The van der Waals surface area contributed by atoms with Gasteiger partial charge in [0, 0.05) is 18.5 Å². The van der Waals surface area contributed by atoms with Crippen molar-refractivity contribution in [2.75, 3.05) is 11.9 Å². The van der Waals surface area contributed by atoms with E-state index in [-0.39, 0.29) is 35.5 Å². The molecule has 2 heterocycles. The second-order valence-corrected chi connectivity index (χ2v) is 8.33. The molecular weight excluding hydrogens is 318 g/mol. The van der Waals surface area contributed by atoms with Gasteiger partial charge in [0.1, 0.15) is 5.82 Å². The summed E-state index contributed by atoms with van der Waals surface area (Å²) in [6.45, 7) is 8.31. The van der Waals surface area contributed by atoms with Gasteiger partial charge in [0.2, 0.25) is 11.8 Å². The molecule has 0 radical (unpaired) electrons. The number of aryl methyl sites for hydroxylation is 1. The van der Waals surface area contributed by atoms with E-state index in [0.29, 0.717) is 12.2 Å². The minimum atomic E-state index is -0.200. The van der Waals surface area contributed by atoms with Crippen molar-refractivity contribution < 1.29 is 9.59 Å². The van der Waals surface area contributed by atoms with E-state index in [0.717, 1.165) is 31.4 Å². The molecule has 3 rings (SSSR count). The summed E-state index contributed by atoms with van der Waals surface area (Å²) in [6, 6.07) is 2.05. The number of aromatic nitrogens is 2. The number of hydrogen-bond acceptors (Lipinski definition) is 4. The maximum atomic E-state index is 12.4. The van der Waals surface area contributed by atoms with Crippen molar-refractivity contribution in [3.63, 3.8) is 0 Å². The van der Waals surface area contributed by atoms with Crippen LogP contribution in [0.2, 0.25) is 0 Å². The minimum Gasteiger partial charge on any atom is -0.349 e. The molecule has 1 saturated heterocycles. The zero-order valence-electron chi connectivity index (χ0n) is 15.6. The maximum absolute atomic E-state index is 12.4. The smallest absolute Gasteiger partial charge is 0.239 e. The third kappa shape index (κ3) is 3.71. The number of rotatable bonds is 4. The fourth-order valence-corrected chi connectivity index (χ4v) is 3.81. The van der Waals surface area contributed by atoms with Gasteiger partial charge in [-0.1, -0.05) is 0 Å². The largest absolute Gasteiger partial charge is 0.349 e. The van der Waals surface area contributed by atoms with Crippen molar-refractivity contribution in [1.29, 1.82) is 0 Å². The third-order valence-corrected chi connectivity index (χ3v) is 5.20. The highest BCUT2D eigenvalue weighted by Gasteiger charge is 2.47. The summed E-state index contributed by atoms with van der Waals surface area (Å²) in [4.78, 5) is 24.1. The average molecular weight is 347 g/mol. The van der Waals surface area contributed by atoms with E-state index < -0.39 is 0 Å². The minimum absolute atomic E-state index is 0.0863. The van der Waals surface area contributed by atoms with Crippen LogP contribution in [-0.4, -0.2) is 39.7 Å². The van der Waals surface area contributed by atoms with Crippen LogP contribution in [0.1, 0.15) is 58.6 Å². The SMILES string of the molecule is Cc1cc(NC(=O)CNC2CCC(=O)NC23CCC3)n(C(C)(C)C)n1. The summed E-state index contributed by atoms with van der Waals surface area (Å²) in [6.07, 6.45) is 4.44. The van der Waals surface area contributed by atoms with Gasteiger partial charge in [-0.25, -0.2) is 4.68 Å². The number of carbonyl (C=O) groups is 2. The van der Waals surface area contributed by atoms with Gasteiger partial charge in [-0.3, -0.25) is 9.59 Å². The Morgan fingerprint density at radius 2 is 2.16 bits per heavy atom. The van der Waals surface area contributed by atoms with E-state index >= 15 is 0 Å². The number of piperidine rings is 1. The predicted molar refractivity (Wildman–Crippen MR) is 96.3 cm³/mol. The predicted octanol–water partition coefficient (Wildman–Crippen LogP) is 1.68. The Hall–Kier alpha value is -1.89. The van der Waals surface area contributed by atoms with Crippen molar-refractivity contribution in [1.82, 2.24) is 20.4 Å². The van der Waals surface area contributed by atoms with Gasteiger partial charge in [-0.15, -0.1) is 0 Å². The molecule has 2 amide bonds. The van der Waals surface area contributed by atoms with E-state index in [1.165, 1.54) is 0 Å². The van der Waals surface area contributed by atoms with Crippen LogP contribution in [-0.2, 0) is 15.1 Å². The van der Waals surface area contributed by atoms with Crippen molar-refractivity contribution >= 4 is 17.6 Å². The van der Waals surface area contributed by atoms with Crippen LogP contribution in [0.25, 0.3) is 0 Å². The van der Waals surface area contributed by atoms with Crippen LogP contribution >= 0.6 is 0 Å². The van der Waals surface area contributed by atoms with E-state index in [1.807, 2.05) is 17.7 Å². The Labute approximate surface area is 148 Å². The van der Waals surface area contributed by atoms with E-state index in [9.17, 15) is 9.59 Å². The highest BCUT2D eigenvalue weighted by Crippen LogP contribution is 2.38. The molecule has 2 aliphatic rings. The van der Waals surface area contributed by atoms with Crippen molar-refractivity contribution in [3.05, 3.63) is 11.8 Å². The quantitative estimate of drug-likeness (QED) is 0.773.